The van der Waals surface area contributed by atoms with Crippen LogP contribution in [0.25, 0.3) is 11.3 Å². The van der Waals surface area contributed by atoms with Crippen LogP contribution in [-0.4, -0.2) is 32.0 Å². The van der Waals surface area contributed by atoms with Gasteiger partial charge in [-0.1, -0.05) is 35.5 Å². The van der Waals surface area contributed by atoms with Gasteiger partial charge in [-0.05, 0) is 12.8 Å². The molecule has 0 N–H and O–H groups in total. The molecule has 5 rings (SSSR count). The molecule has 4 heterocycles. The van der Waals surface area contributed by atoms with E-state index >= 15 is 0 Å². The van der Waals surface area contributed by atoms with E-state index < -0.39 is 0 Å². The van der Waals surface area contributed by atoms with Crippen LogP contribution >= 0.6 is 0 Å². The summed E-state index contributed by atoms with van der Waals surface area (Å²) in [7, 11) is 0. The molecule has 2 aromatic rings. The molecule has 3 aliphatic rings. The average Bonchev–Trinajstić information content (AvgIpc) is 2.94. The molecule has 4 heteroatoms. The Hall–Kier alpha value is -1.68. The Bertz CT molecular complexity index is 619. The van der Waals surface area contributed by atoms with Crippen molar-refractivity contribution in [2.75, 3.05) is 0 Å². The van der Waals surface area contributed by atoms with Crippen molar-refractivity contribution >= 4 is 0 Å². The van der Waals surface area contributed by atoms with E-state index in [2.05, 4.69) is 38.2 Å². The first-order valence-electron chi connectivity index (χ1n) is 7.13. The van der Waals surface area contributed by atoms with Gasteiger partial charge in [0.15, 0.2) is 0 Å². The summed E-state index contributed by atoms with van der Waals surface area (Å²) in [6, 6.07) is 12.0. The van der Waals surface area contributed by atoms with Gasteiger partial charge in [-0.25, -0.2) is 4.68 Å². The van der Waals surface area contributed by atoms with Crippen LogP contribution in [-0.2, 0) is 5.66 Å². The lowest BCUT2D eigenvalue weighted by Crippen LogP contribution is -2.75. The molecular weight excluding hydrogens is 236 g/mol. The predicted octanol–water partition coefficient (Wildman–Crippen LogP) is 2.24. The number of piperidine rings is 1. The Morgan fingerprint density at radius 2 is 1.79 bits per heavy atom. The minimum Gasteiger partial charge on any atom is -0.273 e. The largest absolute Gasteiger partial charge is 0.273 e. The van der Waals surface area contributed by atoms with Crippen LogP contribution in [0.1, 0.15) is 25.7 Å². The fraction of sp³-hybridized carbons (Fsp3) is 0.467. The van der Waals surface area contributed by atoms with Crippen molar-refractivity contribution in [3.63, 3.8) is 0 Å². The third-order valence-electron chi connectivity index (χ3n) is 5.21. The Balaban J connectivity index is 1.51. The molecule has 3 aliphatic heterocycles. The van der Waals surface area contributed by atoms with Crippen molar-refractivity contribution in [1.29, 1.82) is 0 Å². The molecule has 1 unspecified atom stereocenters. The molecular formula is C15H16N4. The minimum atomic E-state index is 0.186. The highest BCUT2D eigenvalue weighted by Crippen LogP contribution is 2.60. The summed E-state index contributed by atoms with van der Waals surface area (Å²) in [4.78, 5) is 2.66. The van der Waals surface area contributed by atoms with E-state index in [1.807, 2.05) is 18.2 Å². The molecule has 0 bridgehead atoms. The van der Waals surface area contributed by atoms with Crippen LogP contribution in [0.5, 0.6) is 0 Å². The van der Waals surface area contributed by atoms with Crippen LogP contribution in [0, 0.1) is 0 Å². The minimum absolute atomic E-state index is 0.186. The van der Waals surface area contributed by atoms with E-state index in [0.29, 0.717) is 0 Å². The van der Waals surface area contributed by atoms with E-state index in [4.69, 9.17) is 0 Å². The molecule has 1 aromatic heterocycles. The van der Waals surface area contributed by atoms with Gasteiger partial charge in [-0.3, -0.25) is 4.90 Å². The second-order valence-electron chi connectivity index (χ2n) is 6.10. The molecule has 0 aliphatic carbocycles. The summed E-state index contributed by atoms with van der Waals surface area (Å²) < 4.78 is 2.12. The number of nitrogens with zero attached hydrogens (tertiary/aromatic N) is 4. The van der Waals surface area contributed by atoms with E-state index in [1.165, 1.54) is 25.7 Å². The number of benzene rings is 1. The van der Waals surface area contributed by atoms with Crippen LogP contribution in [0.3, 0.4) is 0 Å². The van der Waals surface area contributed by atoms with Gasteiger partial charge in [-0.2, -0.15) is 0 Å². The molecule has 19 heavy (non-hydrogen) atoms. The van der Waals surface area contributed by atoms with Crippen molar-refractivity contribution < 1.29 is 0 Å². The normalized spacial score (nSPS) is 35.6. The monoisotopic (exact) mass is 252 g/mol. The average molecular weight is 252 g/mol. The predicted molar refractivity (Wildman–Crippen MR) is 71.3 cm³/mol. The van der Waals surface area contributed by atoms with E-state index in [1.54, 1.807) is 0 Å². The number of hydrogen-bond acceptors (Lipinski definition) is 3. The zero-order valence-corrected chi connectivity index (χ0v) is 10.7. The summed E-state index contributed by atoms with van der Waals surface area (Å²) in [6.45, 7) is 0. The highest BCUT2D eigenvalue weighted by Gasteiger charge is 2.67. The highest BCUT2D eigenvalue weighted by molar-refractivity contribution is 5.57. The number of hydrogen-bond donors (Lipinski definition) is 0. The summed E-state index contributed by atoms with van der Waals surface area (Å²) in [6.07, 6.45) is 7.42. The van der Waals surface area contributed by atoms with Crippen molar-refractivity contribution in [2.45, 2.75) is 43.4 Å². The maximum atomic E-state index is 4.41. The SMILES string of the molecule is c1ccc(-c2cn(C34C[C@H]5CC[C@@H](C3)N54)nn2)cc1. The standard InChI is InChI=1S/C15H16N4/c1-2-4-11(5-3-1)14-10-18(17-16-14)15-8-12-6-7-13(9-15)19(12)15/h1-5,10,12-13H,6-9H2/t12-,13+,15?. The van der Waals surface area contributed by atoms with E-state index in [9.17, 15) is 0 Å². The molecule has 4 nitrogen and oxygen atoms in total. The smallest absolute Gasteiger partial charge is 0.120 e. The Kier molecular flexibility index (Phi) is 1.74. The fourth-order valence-corrected chi connectivity index (χ4v) is 4.38. The zero-order chi connectivity index (χ0) is 12.4. The third-order valence-corrected chi connectivity index (χ3v) is 5.21. The quantitative estimate of drug-likeness (QED) is 0.822. The van der Waals surface area contributed by atoms with Gasteiger partial charge >= 0.3 is 0 Å². The third kappa shape index (κ3) is 1.13. The van der Waals surface area contributed by atoms with Crippen molar-refractivity contribution in [3.05, 3.63) is 36.5 Å². The van der Waals surface area contributed by atoms with Gasteiger partial charge in [-0.15, -0.1) is 5.10 Å². The van der Waals surface area contributed by atoms with Gasteiger partial charge in [0.2, 0.25) is 0 Å². The Labute approximate surface area is 112 Å². The maximum absolute atomic E-state index is 4.41. The highest BCUT2D eigenvalue weighted by atomic mass is 15.6. The molecule has 3 saturated heterocycles. The van der Waals surface area contributed by atoms with Crippen LogP contribution in [0.2, 0.25) is 0 Å². The summed E-state index contributed by atoms with van der Waals surface area (Å²) in [5, 5.41) is 8.77. The van der Waals surface area contributed by atoms with Gasteiger partial charge in [0.1, 0.15) is 11.4 Å². The van der Waals surface area contributed by atoms with Crippen molar-refractivity contribution in [2.24, 2.45) is 0 Å². The van der Waals surface area contributed by atoms with Crippen molar-refractivity contribution in [3.8, 4) is 11.3 Å². The Morgan fingerprint density at radius 3 is 2.53 bits per heavy atom. The zero-order valence-electron chi connectivity index (χ0n) is 10.7. The second-order valence-corrected chi connectivity index (χ2v) is 6.10. The lowest BCUT2D eigenvalue weighted by atomic mass is 9.75. The lowest BCUT2D eigenvalue weighted by Gasteiger charge is -2.65. The number of rotatable bonds is 2. The fourth-order valence-electron chi connectivity index (χ4n) is 4.38. The summed E-state index contributed by atoms with van der Waals surface area (Å²) in [5.41, 5.74) is 2.32. The molecule has 3 fully saturated rings. The first-order chi connectivity index (χ1) is 9.37. The molecule has 0 spiro atoms. The molecule has 0 radical (unpaired) electrons. The van der Waals surface area contributed by atoms with Crippen LogP contribution in [0.4, 0.5) is 0 Å². The molecule has 0 saturated carbocycles. The van der Waals surface area contributed by atoms with Crippen LogP contribution in [0.15, 0.2) is 36.5 Å². The summed E-state index contributed by atoms with van der Waals surface area (Å²) >= 11 is 0. The molecule has 1 aromatic carbocycles. The first kappa shape index (κ1) is 10.1. The topological polar surface area (TPSA) is 34.0 Å². The second kappa shape index (κ2) is 3.25. The Morgan fingerprint density at radius 1 is 1.05 bits per heavy atom. The van der Waals surface area contributed by atoms with Crippen molar-refractivity contribution in [1.82, 2.24) is 19.9 Å². The number of aromatic nitrogens is 3. The van der Waals surface area contributed by atoms with E-state index in [-0.39, 0.29) is 5.66 Å². The maximum Gasteiger partial charge on any atom is 0.120 e. The van der Waals surface area contributed by atoms with Gasteiger partial charge in [0.05, 0.1) is 6.20 Å². The van der Waals surface area contributed by atoms with E-state index in [0.717, 1.165) is 23.3 Å². The molecule has 0 amide bonds. The van der Waals surface area contributed by atoms with Gasteiger partial charge < -0.3 is 0 Å². The molecule has 3 atom stereocenters. The summed E-state index contributed by atoms with van der Waals surface area (Å²) in [5.74, 6) is 0. The van der Waals surface area contributed by atoms with Gasteiger partial charge in [0, 0.05) is 30.5 Å². The lowest BCUT2D eigenvalue weighted by molar-refractivity contribution is -0.225. The first-order valence-corrected chi connectivity index (χ1v) is 7.13. The molecule has 96 valence electrons. The van der Waals surface area contributed by atoms with Crippen LogP contribution < -0.4 is 0 Å². The van der Waals surface area contributed by atoms with Gasteiger partial charge in [0.25, 0.3) is 0 Å².